The van der Waals surface area contributed by atoms with Gasteiger partial charge in [-0.05, 0) is 42.3 Å². The van der Waals surface area contributed by atoms with Gasteiger partial charge in [0.25, 0.3) is 0 Å². The molecule has 0 spiro atoms. The van der Waals surface area contributed by atoms with Crippen molar-refractivity contribution in [2.75, 3.05) is 7.11 Å². The Morgan fingerprint density at radius 1 is 1.16 bits per heavy atom. The number of benzene rings is 2. The zero-order valence-corrected chi connectivity index (χ0v) is 18.1. The standard InChI is InChI=1S/C24H19ClN2O5/c1-13-9-20-22(24(28)31-13)21(17(11-26)23(27)32-20)15-5-8-18(19(10-15)29-2)30-12-14-3-6-16(25)7-4-14/h3-10,21H,12,27H2,1-2H3/t21-/m1/s1. The average Bonchev–Trinajstić information content (AvgIpc) is 2.77. The molecular formula is C24H19ClN2O5. The Kier molecular flexibility index (Phi) is 5.80. The number of hydrogen-bond donors (Lipinski definition) is 1. The number of nitriles is 1. The lowest BCUT2D eigenvalue weighted by Crippen LogP contribution is -2.26. The van der Waals surface area contributed by atoms with Crippen LogP contribution in [0.2, 0.25) is 5.02 Å². The Hall–Kier alpha value is -3.89. The van der Waals surface area contributed by atoms with Gasteiger partial charge in [-0.15, -0.1) is 0 Å². The SMILES string of the molecule is COc1cc([C@@H]2C(C#N)=C(N)Oc3cc(C)oc(=O)c32)ccc1OCc1ccc(Cl)cc1. The monoisotopic (exact) mass is 450 g/mol. The first-order chi connectivity index (χ1) is 15.4. The fourth-order valence-corrected chi connectivity index (χ4v) is 3.70. The van der Waals surface area contributed by atoms with E-state index in [9.17, 15) is 10.1 Å². The number of halogens is 1. The molecule has 2 heterocycles. The molecule has 0 unspecified atom stereocenters. The molecule has 1 aliphatic rings. The van der Waals surface area contributed by atoms with Crippen molar-refractivity contribution in [3.63, 3.8) is 0 Å². The van der Waals surface area contributed by atoms with E-state index in [-0.39, 0.29) is 22.8 Å². The maximum atomic E-state index is 12.7. The second-order valence-electron chi connectivity index (χ2n) is 7.17. The number of aryl methyl sites for hydroxylation is 1. The Morgan fingerprint density at radius 3 is 2.59 bits per heavy atom. The maximum absolute atomic E-state index is 12.7. The summed E-state index contributed by atoms with van der Waals surface area (Å²) >= 11 is 5.92. The molecule has 4 rings (SSSR count). The molecule has 0 fully saturated rings. The van der Waals surface area contributed by atoms with Gasteiger partial charge in [-0.3, -0.25) is 0 Å². The van der Waals surface area contributed by atoms with Crippen LogP contribution >= 0.6 is 11.6 Å². The first-order valence-electron chi connectivity index (χ1n) is 9.68. The Labute approximate surface area is 189 Å². The molecule has 2 aromatic carbocycles. The summed E-state index contributed by atoms with van der Waals surface area (Å²) in [5, 5.41) is 10.4. The van der Waals surface area contributed by atoms with E-state index in [0.29, 0.717) is 34.5 Å². The molecule has 0 amide bonds. The minimum atomic E-state index is -0.764. The number of nitrogens with zero attached hydrogens (tertiary/aromatic N) is 1. The summed E-state index contributed by atoms with van der Waals surface area (Å²) in [5.41, 5.74) is 7.28. The molecule has 162 valence electrons. The van der Waals surface area contributed by atoms with E-state index < -0.39 is 11.5 Å². The lowest BCUT2D eigenvalue weighted by atomic mass is 9.84. The summed E-state index contributed by atoms with van der Waals surface area (Å²) in [6.07, 6.45) is 0. The first kappa shape index (κ1) is 21.3. The summed E-state index contributed by atoms with van der Waals surface area (Å²) < 4.78 is 22.2. The zero-order chi connectivity index (χ0) is 22.8. The van der Waals surface area contributed by atoms with Crippen molar-refractivity contribution in [2.45, 2.75) is 19.4 Å². The van der Waals surface area contributed by atoms with Crippen LogP contribution in [0.15, 0.2) is 69.2 Å². The molecular weight excluding hydrogens is 432 g/mol. The largest absolute Gasteiger partial charge is 0.493 e. The Balaban J connectivity index is 1.73. The molecule has 0 bridgehead atoms. The van der Waals surface area contributed by atoms with Gasteiger partial charge in [-0.25, -0.2) is 4.79 Å². The van der Waals surface area contributed by atoms with E-state index in [4.69, 9.17) is 36.0 Å². The van der Waals surface area contributed by atoms with Crippen molar-refractivity contribution in [3.05, 3.63) is 97.9 Å². The van der Waals surface area contributed by atoms with Crippen LogP contribution in [0.4, 0.5) is 0 Å². The molecule has 0 saturated heterocycles. The van der Waals surface area contributed by atoms with Gasteiger partial charge in [-0.1, -0.05) is 29.8 Å². The van der Waals surface area contributed by atoms with Crippen LogP contribution in [0.25, 0.3) is 0 Å². The topological polar surface area (TPSA) is 108 Å². The highest BCUT2D eigenvalue weighted by atomic mass is 35.5. The smallest absolute Gasteiger partial charge is 0.343 e. The number of fused-ring (bicyclic) bond motifs is 1. The highest BCUT2D eigenvalue weighted by Crippen LogP contribution is 2.42. The summed E-state index contributed by atoms with van der Waals surface area (Å²) in [7, 11) is 1.51. The van der Waals surface area contributed by atoms with Crippen molar-refractivity contribution >= 4 is 11.6 Å². The van der Waals surface area contributed by atoms with Crippen molar-refractivity contribution in [1.29, 1.82) is 5.26 Å². The molecule has 0 saturated carbocycles. The van der Waals surface area contributed by atoms with Gasteiger partial charge in [0.1, 0.15) is 29.8 Å². The summed E-state index contributed by atoms with van der Waals surface area (Å²) in [6, 6.07) is 16.1. The van der Waals surface area contributed by atoms with Gasteiger partial charge in [0, 0.05) is 11.1 Å². The van der Waals surface area contributed by atoms with Crippen LogP contribution in [0.1, 0.15) is 28.4 Å². The number of hydrogen-bond acceptors (Lipinski definition) is 7. The highest BCUT2D eigenvalue weighted by molar-refractivity contribution is 6.30. The number of rotatable bonds is 5. The van der Waals surface area contributed by atoms with Gasteiger partial charge >= 0.3 is 5.63 Å². The fourth-order valence-electron chi connectivity index (χ4n) is 3.58. The van der Waals surface area contributed by atoms with Crippen LogP contribution in [-0.2, 0) is 6.61 Å². The summed E-state index contributed by atoms with van der Waals surface area (Å²) in [6.45, 7) is 1.95. The third kappa shape index (κ3) is 4.01. The minimum Gasteiger partial charge on any atom is -0.493 e. The lowest BCUT2D eigenvalue weighted by Gasteiger charge is -2.25. The number of nitrogens with two attached hydrogens (primary N) is 1. The summed E-state index contributed by atoms with van der Waals surface area (Å²) in [5.74, 6) is 0.769. The molecule has 0 radical (unpaired) electrons. The Morgan fingerprint density at radius 2 is 1.91 bits per heavy atom. The van der Waals surface area contributed by atoms with Crippen molar-refractivity contribution < 1.29 is 18.6 Å². The molecule has 3 aromatic rings. The van der Waals surface area contributed by atoms with Gasteiger partial charge in [0.05, 0.1) is 18.6 Å². The average molecular weight is 451 g/mol. The van der Waals surface area contributed by atoms with E-state index in [2.05, 4.69) is 6.07 Å². The minimum absolute atomic E-state index is 0.0583. The highest BCUT2D eigenvalue weighted by Gasteiger charge is 2.34. The predicted molar refractivity (Wildman–Crippen MR) is 118 cm³/mol. The maximum Gasteiger partial charge on any atom is 0.343 e. The van der Waals surface area contributed by atoms with Crippen LogP contribution in [-0.4, -0.2) is 7.11 Å². The third-order valence-electron chi connectivity index (χ3n) is 5.09. The van der Waals surface area contributed by atoms with Crippen LogP contribution in [0.5, 0.6) is 17.2 Å². The normalized spacial score (nSPS) is 14.9. The molecule has 2 N–H and O–H groups in total. The van der Waals surface area contributed by atoms with E-state index in [1.54, 1.807) is 43.3 Å². The van der Waals surface area contributed by atoms with E-state index in [1.165, 1.54) is 7.11 Å². The third-order valence-corrected chi connectivity index (χ3v) is 5.34. The zero-order valence-electron chi connectivity index (χ0n) is 17.3. The summed E-state index contributed by atoms with van der Waals surface area (Å²) in [4.78, 5) is 12.7. The van der Waals surface area contributed by atoms with Gasteiger partial charge in [0.15, 0.2) is 11.5 Å². The van der Waals surface area contributed by atoms with E-state index in [1.807, 2.05) is 12.1 Å². The van der Waals surface area contributed by atoms with E-state index in [0.717, 1.165) is 5.56 Å². The molecule has 8 heteroatoms. The molecule has 1 atom stereocenters. The second kappa shape index (κ2) is 8.69. The number of ether oxygens (including phenoxy) is 3. The second-order valence-corrected chi connectivity index (χ2v) is 7.61. The molecule has 1 aromatic heterocycles. The molecule has 7 nitrogen and oxygen atoms in total. The van der Waals surface area contributed by atoms with Crippen molar-refractivity contribution in [3.8, 4) is 23.3 Å². The molecule has 1 aliphatic heterocycles. The Bertz CT molecular complexity index is 1310. The fraction of sp³-hybridized carbons (Fsp3) is 0.167. The van der Waals surface area contributed by atoms with Gasteiger partial charge < -0.3 is 24.4 Å². The van der Waals surface area contributed by atoms with Crippen molar-refractivity contribution in [2.24, 2.45) is 5.73 Å². The van der Waals surface area contributed by atoms with Crippen molar-refractivity contribution in [1.82, 2.24) is 0 Å². The quantitative estimate of drug-likeness (QED) is 0.613. The van der Waals surface area contributed by atoms with Crippen LogP contribution < -0.4 is 25.6 Å². The lowest BCUT2D eigenvalue weighted by molar-refractivity contribution is 0.284. The van der Waals surface area contributed by atoms with Crippen LogP contribution in [0, 0.1) is 18.3 Å². The van der Waals surface area contributed by atoms with E-state index >= 15 is 0 Å². The first-order valence-corrected chi connectivity index (χ1v) is 10.1. The molecule has 32 heavy (non-hydrogen) atoms. The van der Waals surface area contributed by atoms with Gasteiger partial charge in [0.2, 0.25) is 5.88 Å². The number of allylic oxidation sites excluding steroid dienone is 1. The molecule has 0 aliphatic carbocycles. The predicted octanol–water partition coefficient (Wildman–Crippen LogP) is 4.41. The van der Waals surface area contributed by atoms with Gasteiger partial charge in [-0.2, -0.15) is 5.26 Å². The number of methoxy groups -OCH3 is 1. The van der Waals surface area contributed by atoms with Crippen LogP contribution in [0.3, 0.4) is 0 Å².